The Bertz CT molecular complexity index is 335. The topological polar surface area (TPSA) is 42.7 Å². The van der Waals surface area contributed by atoms with Gasteiger partial charge >= 0.3 is 0 Å². The minimum atomic E-state index is 0.524. The molecule has 1 aromatic heterocycles. The molecule has 1 rings (SSSR count). The van der Waals surface area contributed by atoms with E-state index in [1.54, 1.807) is 6.33 Å². The number of likely N-dealkylation sites (N-methyl/N-ethyl adjacent to an activating group) is 1. The zero-order chi connectivity index (χ0) is 14.1. The summed E-state index contributed by atoms with van der Waals surface area (Å²) in [6.45, 7) is 10.8. The van der Waals surface area contributed by atoms with Crippen molar-refractivity contribution in [1.29, 1.82) is 0 Å². The minimum Gasteiger partial charge on any atom is -0.314 e. The summed E-state index contributed by atoms with van der Waals surface area (Å²) in [5.41, 5.74) is 0. The van der Waals surface area contributed by atoms with Crippen molar-refractivity contribution in [2.75, 3.05) is 6.54 Å². The molecule has 110 valence electrons. The molecule has 0 amide bonds. The van der Waals surface area contributed by atoms with Crippen molar-refractivity contribution in [1.82, 2.24) is 20.1 Å². The van der Waals surface area contributed by atoms with Gasteiger partial charge in [-0.15, -0.1) is 0 Å². The van der Waals surface area contributed by atoms with Crippen molar-refractivity contribution in [2.24, 2.45) is 5.92 Å². The first-order valence-corrected chi connectivity index (χ1v) is 7.86. The van der Waals surface area contributed by atoms with Crippen LogP contribution in [0.15, 0.2) is 6.33 Å². The van der Waals surface area contributed by atoms with Crippen LogP contribution in [0.4, 0.5) is 0 Å². The van der Waals surface area contributed by atoms with E-state index in [1.807, 2.05) is 4.68 Å². The van der Waals surface area contributed by atoms with Gasteiger partial charge in [0.15, 0.2) is 0 Å². The molecule has 2 atom stereocenters. The lowest BCUT2D eigenvalue weighted by atomic mass is 9.89. The molecule has 0 radical (unpaired) electrons. The molecule has 19 heavy (non-hydrogen) atoms. The van der Waals surface area contributed by atoms with Crippen LogP contribution in [0.2, 0.25) is 0 Å². The van der Waals surface area contributed by atoms with Crippen molar-refractivity contribution in [2.45, 2.75) is 72.4 Å². The van der Waals surface area contributed by atoms with E-state index in [0.29, 0.717) is 6.04 Å². The summed E-state index contributed by atoms with van der Waals surface area (Å²) in [5.74, 6) is 1.85. The summed E-state index contributed by atoms with van der Waals surface area (Å²) in [4.78, 5) is 4.42. The summed E-state index contributed by atoms with van der Waals surface area (Å²) in [5, 5.41) is 7.92. The fraction of sp³-hybridized carbons (Fsp3) is 0.867. The maximum Gasteiger partial charge on any atom is 0.138 e. The molecule has 0 spiro atoms. The normalized spacial score (nSPS) is 14.5. The molecule has 1 heterocycles. The highest BCUT2D eigenvalue weighted by Gasteiger charge is 2.21. The SMILES string of the molecule is CCCCC(CC)C(Cc1ncnn1CC)NCC. The second-order valence-corrected chi connectivity index (χ2v) is 5.17. The largest absolute Gasteiger partial charge is 0.314 e. The first kappa shape index (κ1) is 16.2. The maximum absolute atomic E-state index is 4.42. The Morgan fingerprint density at radius 2 is 2.05 bits per heavy atom. The van der Waals surface area contributed by atoms with Crippen molar-refractivity contribution in [3.05, 3.63) is 12.2 Å². The quantitative estimate of drug-likeness (QED) is 0.708. The standard InChI is InChI=1S/C15H30N4/c1-5-9-10-13(6-2)14(16-7-3)11-15-17-12-18-19(15)8-4/h12-14,16H,5-11H2,1-4H3. The number of aromatic nitrogens is 3. The third-order valence-electron chi connectivity index (χ3n) is 3.89. The Balaban J connectivity index is 2.69. The Morgan fingerprint density at radius 3 is 2.63 bits per heavy atom. The zero-order valence-corrected chi connectivity index (χ0v) is 13.0. The molecule has 0 aliphatic heterocycles. The second kappa shape index (κ2) is 9.08. The average Bonchev–Trinajstić information content (AvgIpc) is 2.87. The summed E-state index contributed by atoms with van der Waals surface area (Å²) >= 11 is 0. The number of rotatable bonds is 10. The van der Waals surface area contributed by atoms with Crippen LogP contribution in [0.5, 0.6) is 0 Å². The summed E-state index contributed by atoms with van der Waals surface area (Å²) < 4.78 is 2.01. The molecule has 0 saturated carbocycles. The van der Waals surface area contributed by atoms with Gasteiger partial charge in [-0.1, -0.05) is 40.0 Å². The van der Waals surface area contributed by atoms with Crippen molar-refractivity contribution in [3.63, 3.8) is 0 Å². The van der Waals surface area contributed by atoms with Gasteiger partial charge in [-0.05, 0) is 25.8 Å². The lowest BCUT2D eigenvalue weighted by Crippen LogP contribution is -2.38. The van der Waals surface area contributed by atoms with E-state index in [9.17, 15) is 0 Å². The van der Waals surface area contributed by atoms with Gasteiger partial charge in [-0.3, -0.25) is 4.68 Å². The van der Waals surface area contributed by atoms with Gasteiger partial charge in [-0.25, -0.2) is 4.98 Å². The van der Waals surface area contributed by atoms with Crippen LogP contribution < -0.4 is 5.32 Å². The molecule has 0 aliphatic carbocycles. The van der Waals surface area contributed by atoms with Gasteiger partial charge in [-0.2, -0.15) is 5.10 Å². The van der Waals surface area contributed by atoms with Gasteiger partial charge in [0.1, 0.15) is 12.2 Å². The van der Waals surface area contributed by atoms with Gasteiger partial charge in [0, 0.05) is 19.0 Å². The summed E-state index contributed by atoms with van der Waals surface area (Å²) in [6, 6.07) is 0.524. The van der Waals surface area contributed by atoms with Gasteiger partial charge < -0.3 is 5.32 Å². The number of unbranched alkanes of at least 4 members (excludes halogenated alkanes) is 1. The smallest absolute Gasteiger partial charge is 0.138 e. The monoisotopic (exact) mass is 266 g/mol. The van der Waals surface area contributed by atoms with Gasteiger partial charge in [0.25, 0.3) is 0 Å². The first-order valence-electron chi connectivity index (χ1n) is 7.86. The van der Waals surface area contributed by atoms with E-state index in [4.69, 9.17) is 0 Å². The van der Waals surface area contributed by atoms with Crippen LogP contribution in [0.3, 0.4) is 0 Å². The zero-order valence-electron chi connectivity index (χ0n) is 13.0. The van der Waals surface area contributed by atoms with E-state index in [0.717, 1.165) is 31.3 Å². The molecular formula is C15H30N4. The Morgan fingerprint density at radius 1 is 1.26 bits per heavy atom. The molecule has 0 aromatic carbocycles. The number of hydrogen-bond donors (Lipinski definition) is 1. The number of aryl methyl sites for hydroxylation is 1. The lowest BCUT2D eigenvalue weighted by molar-refractivity contribution is 0.312. The fourth-order valence-corrected chi connectivity index (χ4v) is 2.73. The molecule has 0 saturated heterocycles. The molecule has 1 N–H and O–H groups in total. The first-order chi connectivity index (χ1) is 9.26. The van der Waals surface area contributed by atoms with E-state index >= 15 is 0 Å². The maximum atomic E-state index is 4.42. The molecule has 1 aromatic rings. The predicted molar refractivity (Wildman–Crippen MR) is 80.2 cm³/mol. The van der Waals surface area contributed by atoms with E-state index < -0.39 is 0 Å². The highest BCUT2D eigenvalue weighted by Crippen LogP contribution is 2.19. The molecule has 0 fully saturated rings. The molecule has 4 nitrogen and oxygen atoms in total. The van der Waals surface area contributed by atoms with E-state index in [2.05, 4.69) is 43.1 Å². The van der Waals surface area contributed by atoms with Crippen molar-refractivity contribution < 1.29 is 0 Å². The molecule has 2 unspecified atom stereocenters. The highest BCUT2D eigenvalue weighted by molar-refractivity contribution is 4.92. The second-order valence-electron chi connectivity index (χ2n) is 5.17. The molecule has 4 heteroatoms. The molecule has 0 aliphatic rings. The number of nitrogens with zero attached hydrogens (tertiary/aromatic N) is 3. The third-order valence-corrected chi connectivity index (χ3v) is 3.89. The third kappa shape index (κ3) is 4.94. The van der Waals surface area contributed by atoms with Gasteiger partial charge in [0.05, 0.1) is 0 Å². The van der Waals surface area contributed by atoms with Crippen LogP contribution in [0, 0.1) is 5.92 Å². The van der Waals surface area contributed by atoms with Crippen LogP contribution in [-0.4, -0.2) is 27.4 Å². The Kier molecular flexibility index (Phi) is 7.72. The molecule has 0 bridgehead atoms. The summed E-state index contributed by atoms with van der Waals surface area (Å²) in [7, 11) is 0. The number of nitrogens with one attached hydrogen (secondary N) is 1. The van der Waals surface area contributed by atoms with Crippen molar-refractivity contribution in [3.8, 4) is 0 Å². The Labute approximate surface area is 118 Å². The van der Waals surface area contributed by atoms with Crippen LogP contribution in [-0.2, 0) is 13.0 Å². The lowest BCUT2D eigenvalue weighted by Gasteiger charge is -2.27. The molecular weight excluding hydrogens is 236 g/mol. The van der Waals surface area contributed by atoms with Crippen LogP contribution >= 0.6 is 0 Å². The predicted octanol–water partition coefficient (Wildman–Crippen LogP) is 3.04. The Hall–Kier alpha value is -0.900. The fourth-order valence-electron chi connectivity index (χ4n) is 2.73. The van der Waals surface area contributed by atoms with Crippen LogP contribution in [0.1, 0.15) is 59.2 Å². The highest BCUT2D eigenvalue weighted by atomic mass is 15.3. The minimum absolute atomic E-state index is 0.524. The number of hydrogen-bond acceptors (Lipinski definition) is 3. The van der Waals surface area contributed by atoms with Crippen molar-refractivity contribution >= 4 is 0 Å². The van der Waals surface area contributed by atoms with Gasteiger partial charge in [0.2, 0.25) is 0 Å². The van der Waals surface area contributed by atoms with E-state index in [1.165, 1.54) is 25.7 Å². The van der Waals surface area contributed by atoms with Crippen LogP contribution in [0.25, 0.3) is 0 Å². The van der Waals surface area contributed by atoms with E-state index in [-0.39, 0.29) is 0 Å². The average molecular weight is 266 g/mol. The summed E-state index contributed by atoms with van der Waals surface area (Å²) in [6.07, 6.45) is 7.81.